The van der Waals surface area contributed by atoms with Gasteiger partial charge in [-0.3, -0.25) is 19.7 Å². The minimum absolute atomic E-state index is 0.163. The van der Waals surface area contributed by atoms with Gasteiger partial charge in [-0.15, -0.1) is 0 Å². The molecular formula is C26H21Br2N5O5. The first-order chi connectivity index (χ1) is 18.2. The number of aryl methyl sites for hydroxylation is 2. The lowest BCUT2D eigenvalue weighted by Gasteiger charge is -2.11. The molecule has 4 rings (SSSR count). The van der Waals surface area contributed by atoms with E-state index in [0.29, 0.717) is 37.8 Å². The number of hydrogen-bond donors (Lipinski definition) is 1. The average molecular weight is 643 g/mol. The smallest absolute Gasteiger partial charge is 0.312 e. The van der Waals surface area contributed by atoms with Crippen LogP contribution in [-0.2, 0) is 11.2 Å². The van der Waals surface area contributed by atoms with Gasteiger partial charge in [-0.05, 0) is 43.3 Å². The van der Waals surface area contributed by atoms with Crippen molar-refractivity contribution in [2.24, 2.45) is 5.10 Å². The van der Waals surface area contributed by atoms with Gasteiger partial charge in [0.05, 0.1) is 22.0 Å². The Morgan fingerprint density at radius 1 is 1.16 bits per heavy atom. The quantitative estimate of drug-likeness (QED) is 0.151. The summed E-state index contributed by atoms with van der Waals surface area (Å²) in [7, 11) is 0. The number of nitro groups is 1. The van der Waals surface area contributed by atoms with Gasteiger partial charge in [0.1, 0.15) is 5.82 Å². The summed E-state index contributed by atoms with van der Waals surface area (Å²) < 4.78 is 7.88. The van der Waals surface area contributed by atoms with Crippen LogP contribution in [-0.4, -0.2) is 33.3 Å². The van der Waals surface area contributed by atoms with Gasteiger partial charge in [0.15, 0.2) is 6.61 Å². The fourth-order valence-electron chi connectivity index (χ4n) is 3.62. The highest BCUT2D eigenvalue weighted by molar-refractivity contribution is 9.10. The van der Waals surface area contributed by atoms with Crippen molar-refractivity contribution in [3.05, 3.63) is 101 Å². The third-order valence-electron chi connectivity index (χ3n) is 5.45. The number of halogens is 2. The molecule has 194 valence electrons. The number of benzene rings is 3. The molecule has 38 heavy (non-hydrogen) atoms. The van der Waals surface area contributed by atoms with Crippen LogP contribution in [0, 0.1) is 17.0 Å². The van der Waals surface area contributed by atoms with Crippen LogP contribution in [0.15, 0.2) is 73.4 Å². The minimum Gasteiger partial charge on any atom is -0.476 e. The Morgan fingerprint density at radius 2 is 1.89 bits per heavy atom. The van der Waals surface area contributed by atoms with Crippen LogP contribution in [0.25, 0.3) is 10.9 Å². The van der Waals surface area contributed by atoms with E-state index in [0.717, 1.165) is 10.2 Å². The molecule has 0 aliphatic rings. The van der Waals surface area contributed by atoms with Crippen molar-refractivity contribution in [2.45, 2.75) is 20.3 Å². The maximum atomic E-state index is 13.2. The molecule has 3 aromatic carbocycles. The molecule has 0 bridgehead atoms. The van der Waals surface area contributed by atoms with Crippen molar-refractivity contribution >= 4 is 66.3 Å². The summed E-state index contributed by atoms with van der Waals surface area (Å²) in [6.07, 6.45) is 1.69. The molecule has 0 spiro atoms. The SMILES string of the molecule is CCc1nc2ccc(Br)cc2c(=O)n1N=Cc1cc(Br)cc([N+](=O)[O-])c1OCC(=O)Nc1ccc(C)cc1. The molecule has 12 heteroatoms. The Labute approximate surface area is 233 Å². The second-order valence-corrected chi connectivity index (χ2v) is 10.0. The lowest BCUT2D eigenvalue weighted by molar-refractivity contribution is -0.385. The Morgan fingerprint density at radius 3 is 2.58 bits per heavy atom. The minimum atomic E-state index is -0.617. The summed E-state index contributed by atoms with van der Waals surface area (Å²) in [5.74, 6) is -0.253. The molecule has 0 unspecified atom stereocenters. The largest absolute Gasteiger partial charge is 0.476 e. The van der Waals surface area contributed by atoms with Crippen molar-refractivity contribution in [1.82, 2.24) is 9.66 Å². The van der Waals surface area contributed by atoms with Crippen LogP contribution in [0.2, 0.25) is 0 Å². The lowest BCUT2D eigenvalue weighted by Crippen LogP contribution is -2.22. The molecule has 4 aromatic rings. The molecule has 0 atom stereocenters. The predicted molar refractivity (Wildman–Crippen MR) is 152 cm³/mol. The number of nitrogens with zero attached hydrogens (tertiary/aromatic N) is 4. The Hall–Kier alpha value is -3.90. The molecule has 10 nitrogen and oxygen atoms in total. The standard InChI is InChI=1S/C26H21Br2N5O5/c1-3-23-31-21-9-6-17(27)11-20(21)26(35)32(23)29-13-16-10-18(28)12-22(33(36)37)25(16)38-14-24(34)30-19-7-4-15(2)5-8-19/h4-13H,3,14H2,1-2H3,(H,30,34). The summed E-state index contributed by atoms with van der Waals surface area (Å²) in [5.41, 5.74) is 1.56. The molecule has 0 saturated carbocycles. The lowest BCUT2D eigenvalue weighted by atomic mass is 10.2. The van der Waals surface area contributed by atoms with Gasteiger partial charge in [0.2, 0.25) is 5.75 Å². The zero-order valence-corrected chi connectivity index (χ0v) is 23.4. The fraction of sp³-hybridized carbons (Fsp3) is 0.154. The number of aromatic nitrogens is 2. The van der Waals surface area contributed by atoms with Gasteiger partial charge < -0.3 is 10.1 Å². The van der Waals surface area contributed by atoms with Crippen molar-refractivity contribution in [3.8, 4) is 5.75 Å². The van der Waals surface area contributed by atoms with Gasteiger partial charge in [0.25, 0.3) is 11.5 Å². The second-order valence-electron chi connectivity index (χ2n) is 8.21. The van der Waals surface area contributed by atoms with Gasteiger partial charge >= 0.3 is 5.69 Å². The van der Waals surface area contributed by atoms with Crippen molar-refractivity contribution in [1.29, 1.82) is 0 Å². The highest BCUT2D eigenvalue weighted by Crippen LogP contribution is 2.34. The molecule has 1 aromatic heterocycles. The average Bonchev–Trinajstić information content (AvgIpc) is 2.88. The van der Waals surface area contributed by atoms with E-state index in [4.69, 9.17) is 4.74 Å². The van der Waals surface area contributed by atoms with Crippen LogP contribution in [0.5, 0.6) is 5.75 Å². The third kappa shape index (κ3) is 6.14. The fourth-order valence-corrected chi connectivity index (χ4v) is 4.45. The number of nitrogens with one attached hydrogen (secondary N) is 1. The van der Waals surface area contributed by atoms with E-state index in [1.807, 2.05) is 26.0 Å². The number of ether oxygens (including phenoxy) is 1. The Kier molecular flexibility index (Phi) is 8.32. The van der Waals surface area contributed by atoms with Crippen LogP contribution >= 0.6 is 31.9 Å². The topological polar surface area (TPSA) is 129 Å². The van der Waals surface area contributed by atoms with Gasteiger partial charge in [-0.2, -0.15) is 9.78 Å². The first-order valence-corrected chi connectivity index (χ1v) is 13.0. The molecule has 1 N–H and O–H groups in total. The Balaban J connectivity index is 1.70. The highest BCUT2D eigenvalue weighted by atomic mass is 79.9. The maximum Gasteiger partial charge on any atom is 0.312 e. The van der Waals surface area contributed by atoms with Gasteiger partial charge in [-0.25, -0.2) is 4.98 Å². The van der Waals surface area contributed by atoms with Gasteiger partial charge in [-0.1, -0.05) is 56.5 Å². The summed E-state index contributed by atoms with van der Waals surface area (Å²) in [6.45, 7) is 3.28. The van der Waals surface area contributed by atoms with Gasteiger partial charge in [0, 0.05) is 32.7 Å². The molecule has 0 saturated heterocycles. The summed E-state index contributed by atoms with van der Waals surface area (Å²) >= 11 is 6.63. The maximum absolute atomic E-state index is 13.2. The van der Waals surface area contributed by atoms with Crippen molar-refractivity contribution in [3.63, 3.8) is 0 Å². The Bertz CT molecular complexity index is 1630. The first kappa shape index (κ1) is 27.1. The zero-order chi connectivity index (χ0) is 27.4. The van der Waals surface area contributed by atoms with Crippen LogP contribution in [0.4, 0.5) is 11.4 Å². The second kappa shape index (κ2) is 11.7. The van der Waals surface area contributed by atoms with E-state index in [1.165, 1.54) is 12.3 Å². The third-order valence-corrected chi connectivity index (χ3v) is 6.40. The highest BCUT2D eigenvalue weighted by Gasteiger charge is 2.22. The van der Waals surface area contributed by atoms with Crippen LogP contribution in [0.1, 0.15) is 23.9 Å². The molecule has 0 fully saturated rings. The molecular weight excluding hydrogens is 622 g/mol. The van der Waals surface area contributed by atoms with E-state index in [2.05, 4.69) is 47.3 Å². The number of carbonyl (C=O) groups is 1. The summed E-state index contributed by atoms with van der Waals surface area (Å²) in [5, 5.41) is 19.1. The number of hydrogen-bond acceptors (Lipinski definition) is 7. The predicted octanol–water partition coefficient (Wildman–Crippen LogP) is 5.60. The van der Waals surface area contributed by atoms with E-state index in [-0.39, 0.29) is 17.0 Å². The number of nitro benzene ring substituents is 1. The van der Waals surface area contributed by atoms with Crippen LogP contribution < -0.4 is 15.6 Å². The van der Waals surface area contributed by atoms with Crippen LogP contribution in [0.3, 0.4) is 0 Å². The number of anilines is 1. The summed E-state index contributed by atoms with van der Waals surface area (Å²) in [6, 6.07) is 15.2. The molecule has 1 amide bonds. The van der Waals surface area contributed by atoms with Crippen molar-refractivity contribution in [2.75, 3.05) is 11.9 Å². The number of carbonyl (C=O) groups excluding carboxylic acids is 1. The van der Waals surface area contributed by atoms with E-state index in [9.17, 15) is 19.7 Å². The van der Waals surface area contributed by atoms with E-state index < -0.39 is 23.0 Å². The number of fused-ring (bicyclic) bond motifs is 1. The normalized spacial score (nSPS) is 11.2. The van der Waals surface area contributed by atoms with E-state index >= 15 is 0 Å². The van der Waals surface area contributed by atoms with Crippen molar-refractivity contribution < 1.29 is 14.5 Å². The van der Waals surface area contributed by atoms with E-state index in [1.54, 1.807) is 36.4 Å². The number of amides is 1. The molecule has 0 aliphatic carbocycles. The number of rotatable bonds is 8. The zero-order valence-electron chi connectivity index (χ0n) is 20.3. The monoisotopic (exact) mass is 641 g/mol. The molecule has 1 heterocycles. The first-order valence-electron chi connectivity index (χ1n) is 11.4. The molecule has 0 aliphatic heterocycles. The molecule has 0 radical (unpaired) electrons. The summed E-state index contributed by atoms with van der Waals surface area (Å²) in [4.78, 5) is 41.4.